The summed E-state index contributed by atoms with van der Waals surface area (Å²) in [6.07, 6.45) is -0.806. The van der Waals surface area contributed by atoms with E-state index in [4.69, 9.17) is 14.6 Å². The van der Waals surface area contributed by atoms with E-state index in [1.807, 2.05) is 30.3 Å². The molecular formula is C15H21NO5. The number of likely N-dealkylation sites (N-methyl/N-ethyl adjacent to an activating group) is 1. The number of amides is 1. The normalized spacial score (nSPS) is 12.0. The minimum atomic E-state index is -1.13. The van der Waals surface area contributed by atoms with Crippen LogP contribution >= 0.6 is 0 Å². The van der Waals surface area contributed by atoms with Crippen molar-refractivity contribution in [3.63, 3.8) is 0 Å². The highest BCUT2D eigenvalue weighted by molar-refractivity contribution is 5.80. The van der Waals surface area contributed by atoms with Crippen LogP contribution in [0.5, 0.6) is 0 Å². The molecule has 0 aliphatic heterocycles. The van der Waals surface area contributed by atoms with Crippen molar-refractivity contribution in [2.45, 2.75) is 32.6 Å². The van der Waals surface area contributed by atoms with Crippen LogP contribution in [0, 0.1) is 0 Å². The number of ether oxygens (including phenoxy) is 2. The second-order valence-corrected chi connectivity index (χ2v) is 4.89. The summed E-state index contributed by atoms with van der Waals surface area (Å²) in [7, 11) is 1.38. The summed E-state index contributed by atoms with van der Waals surface area (Å²) in [4.78, 5) is 24.1. The van der Waals surface area contributed by atoms with Crippen LogP contribution < -0.4 is 0 Å². The van der Waals surface area contributed by atoms with Crippen molar-refractivity contribution in [3.8, 4) is 0 Å². The van der Waals surface area contributed by atoms with Crippen molar-refractivity contribution in [1.29, 1.82) is 0 Å². The molecule has 21 heavy (non-hydrogen) atoms. The third kappa shape index (κ3) is 5.83. The molecule has 1 N–H and O–H groups in total. The van der Waals surface area contributed by atoms with Gasteiger partial charge in [0.2, 0.25) is 0 Å². The molecule has 1 amide bonds. The van der Waals surface area contributed by atoms with Crippen molar-refractivity contribution in [1.82, 2.24) is 4.90 Å². The van der Waals surface area contributed by atoms with Gasteiger partial charge in [-0.05, 0) is 19.4 Å². The number of hydrogen-bond donors (Lipinski definition) is 1. The molecule has 1 rings (SSSR count). The summed E-state index contributed by atoms with van der Waals surface area (Å²) >= 11 is 0. The quantitative estimate of drug-likeness (QED) is 0.834. The predicted octanol–water partition coefficient (Wildman–Crippen LogP) is 2.13. The Labute approximate surface area is 124 Å². The lowest BCUT2D eigenvalue weighted by Gasteiger charge is -2.24. The van der Waals surface area contributed by atoms with Crippen molar-refractivity contribution in [2.75, 3.05) is 13.7 Å². The number of nitrogens with zero attached hydrogens (tertiary/aromatic N) is 1. The molecule has 6 heteroatoms. The first kappa shape index (κ1) is 17.0. The third-order valence-electron chi connectivity index (χ3n) is 2.83. The second-order valence-electron chi connectivity index (χ2n) is 4.89. The van der Waals surface area contributed by atoms with Crippen LogP contribution in [-0.4, -0.2) is 47.9 Å². The van der Waals surface area contributed by atoms with Gasteiger partial charge in [-0.3, -0.25) is 4.90 Å². The molecule has 0 aliphatic carbocycles. The van der Waals surface area contributed by atoms with E-state index in [1.165, 1.54) is 7.05 Å². The molecule has 0 radical (unpaired) electrons. The maximum Gasteiger partial charge on any atom is 0.410 e. The Hall–Kier alpha value is -2.08. The Bertz CT molecular complexity index is 460. The highest BCUT2D eigenvalue weighted by Gasteiger charge is 2.28. The number of aliphatic carboxylic acids is 1. The molecule has 0 fully saturated rings. The molecule has 1 atom stereocenters. The predicted molar refractivity (Wildman–Crippen MR) is 76.9 cm³/mol. The minimum Gasteiger partial charge on any atom is -0.480 e. The van der Waals surface area contributed by atoms with Gasteiger partial charge in [0.15, 0.2) is 6.04 Å². The molecule has 1 unspecified atom stereocenters. The van der Waals surface area contributed by atoms with E-state index >= 15 is 0 Å². The topological polar surface area (TPSA) is 76.1 Å². The van der Waals surface area contributed by atoms with Crippen LogP contribution in [0.4, 0.5) is 4.79 Å². The van der Waals surface area contributed by atoms with Crippen LogP contribution in [0.3, 0.4) is 0 Å². The van der Waals surface area contributed by atoms with Crippen LogP contribution in [0.1, 0.15) is 19.4 Å². The first-order valence-electron chi connectivity index (χ1n) is 6.69. The molecule has 1 aromatic carbocycles. The van der Waals surface area contributed by atoms with Crippen LogP contribution in [0.2, 0.25) is 0 Å². The average Bonchev–Trinajstić information content (AvgIpc) is 2.45. The molecule has 116 valence electrons. The number of carboxylic acid groups (broad SMARTS) is 1. The summed E-state index contributed by atoms with van der Waals surface area (Å²) in [5, 5.41) is 9.16. The van der Waals surface area contributed by atoms with Crippen molar-refractivity contribution in [3.05, 3.63) is 35.9 Å². The Morgan fingerprint density at radius 2 is 1.86 bits per heavy atom. The van der Waals surface area contributed by atoms with Gasteiger partial charge in [0.1, 0.15) is 6.61 Å². The Morgan fingerprint density at radius 1 is 1.24 bits per heavy atom. The average molecular weight is 295 g/mol. The summed E-state index contributed by atoms with van der Waals surface area (Å²) < 4.78 is 10.4. The fourth-order valence-electron chi connectivity index (χ4n) is 1.58. The van der Waals surface area contributed by atoms with Gasteiger partial charge in [-0.2, -0.15) is 0 Å². The van der Waals surface area contributed by atoms with Gasteiger partial charge in [0.25, 0.3) is 0 Å². The van der Waals surface area contributed by atoms with E-state index in [0.29, 0.717) is 0 Å². The number of rotatable bonds is 7. The molecule has 0 heterocycles. The van der Waals surface area contributed by atoms with E-state index < -0.39 is 18.1 Å². The molecular weight excluding hydrogens is 274 g/mol. The van der Waals surface area contributed by atoms with Crippen LogP contribution in [-0.2, 0) is 20.9 Å². The molecule has 0 bridgehead atoms. The van der Waals surface area contributed by atoms with E-state index in [1.54, 1.807) is 13.8 Å². The second kappa shape index (κ2) is 8.26. The third-order valence-corrected chi connectivity index (χ3v) is 2.83. The summed E-state index contributed by atoms with van der Waals surface area (Å²) in [6.45, 7) is 3.62. The summed E-state index contributed by atoms with van der Waals surface area (Å²) in [5.74, 6) is -1.13. The van der Waals surface area contributed by atoms with Gasteiger partial charge < -0.3 is 14.6 Å². The van der Waals surface area contributed by atoms with Gasteiger partial charge >= 0.3 is 12.1 Å². The van der Waals surface area contributed by atoms with E-state index in [9.17, 15) is 9.59 Å². The van der Waals surface area contributed by atoms with Crippen molar-refractivity contribution >= 4 is 12.1 Å². The number of hydrogen-bond acceptors (Lipinski definition) is 4. The van der Waals surface area contributed by atoms with E-state index in [-0.39, 0.29) is 19.3 Å². The molecule has 0 aromatic heterocycles. The SMILES string of the molecule is CC(C)OCC(C(=O)O)N(C)C(=O)OCc1ccccc1. The van der Waals surface area contributed by atoms with Gasteiger partial charge in [0, 0.05) is 7.05 Å². The highest BCUT2D eigenvalue weighted by Crippen LogP contribution is 2.06. The zero-order valence-electron chi connectivity index (χ0n) is 12.5. The lowest BCUT2D eigenvalue weighted by Crippen LogP contribution is -2.46. The standard InChI is InChI=1S/C15H21NO5/c1-11(2)20-10-13(14(17)18)16(3)15(19)21-9-12-7-5-4-6-8-12/h4-8,11,13H,9-10H2,1-3H3,(H,17,18). The molecule has 0 spiro atoms. The van der Waals surface area contributed by atoms with Gasteiger partial charge in [-0.15, -0.1) is 0 Å². The number of carboxylic acids is 1. The zero-order chi connectivity index (χ0) is 15.8. The molecule has 0 saturated carbocycles. The number of carbonyl (C=O) groups excluding carboxylic acids is 1. The smallest absolute Gasteiger partial charge is 0.410 e. The van der Waals surface area contributed by atoms with Crippen molar-refractivity contribution < 1.29 is 24.2 Å². The number of benzene rings is 1. The first-order valence-corrected chi connectivity index (χ1v) is 6.69. The largest absolute Gasteiger partial charge is 0.480 e. The minimum absolute atomic E-state index is 0.0794. The van der Waals surface area contributed by atoms with E-state index in [0.717, 1.165) is 10.5 Å². The van der Waals surface area contributed by atoms with Gasteiger partial charge in [-0.25, -0.2) is 9.59 Å². The fraction of sp³-hybridized carbons (Fsp3) is 0.467. The summed E-state index contributed by atoms with van der Waals surface area (Å²) in [5.41, 5.74) is 0.838. The monoisotopic (exact) mass is 295 g/mol. The summed E-state index contributed by atoms with van der Waals surface area (Å²) in [6, 6.07) is 8.11. The zero-order valence-corrected chi connectivity index (χ0v) is 12.5. The molecule has 0 saturated heterocycles. The van der Waals surface area contributed by atoms with E-state index in [2.05, 4.69) is 0 Å². The number of carbonyl (C=O) groups is 2. The lowest BCUT2D eigenvalue weighted by atomic mass is 10.2. The van der Waals surface area contributed by atoms with Gasteiger partial charge in [0.05, 0.1) is 12.7 Å². The van der Waals surface area contributed by atoms with Crippen LogP contribution in [0.15, 0.2) is 30.3 Å². The maximum atomic E-state index is 11.9. The highest BCUT2D eigenvalue weighted by atomic mass is 16.6. The Kier molecular flexibility index (Phi) is 6.68. The molecule has 1 aromatic rings. The fourth-order valence-corrected chi connectivity index (χ4v) is 1.58. The Morgan fingerprint density at radius 3 is 2.38 bits per heavy atom. The lowest BCUT2D eigenvalue weighted by molar-refractivity contribution is -0.145. The van der Waals surface area contributed by atoms with Crippen molar-refractivity contribution in [2.24, 2.45) is 0 Å². The van der Waals surface area contributed by atoms with Crippen LogP contribution in [0.25, 0.3) is 0 Å². The molecule has 0 aliphatic rings. The maximum absolute atomic E-state index is 11.9. The van der Waals surface area contributed by atoms with Gasteiger partial charge in [-0.1, -0.05) is 30.3 Å². The first-order chi connectivity index (χ1) is 9.91. The molecule has 6 nitrogen and oxygen atoms in total. The Balaban J connectivity index is 2.55.